The molecule has 0 amide bonds. The van der Waals surface area contributed by atoms with Crippen LogP contribution in [0.2, 0.25) is 10.0 Å². The fraction of sp³-hybridized carbons (Fsp3) is 0.250. The predicted octanol–water partition coefficient (Wildman–Crippen LogP) is 2.98. The fourth-order valence-corrected chi connectivity index (χ4v) is 2.00. The van der Waals surface area contributed by atoms with Crippen molar-refractivity contribution in [2.24, 2.45) is 0 Å². The first kappa shape index (κ1) is 14.8. The molecule has 0 fully saturated rings. The van der Waals surface area contributed by atoms with E-state index in [2.05, 4.69) is 25.8 Å². The fourth-order valence-electron chi connectivity index (χ4n) is 1.48. The van der Waals surface area contributed by atoms with E-state index >= 15 is 0 Å². The number of hydrogen-bond acceptors (Lipinski definition) is 6. The van der Waals surface area contributed by atoms with Gasteiger partial charge in [-0.1, -0.05) is 23.2 Å². The minimum absolute atomic E-state index is 0.417. The molecule has 0 unspecified atom stereocenters. The molecular weight excluding hydrogens is 301 g/mol. The van der Waals surface area contributed by atoms with Crippen LogP contribution in [0.5, 0.6) is 0 Å². The highest BCUT2D eigenvalue weighted by Crippen LogP contribution is 2.24. The van der Waals surface area contributed by atoms with Crippen LogP contribution in [-0.4, -0.2) is 35.4 Å². The molecule has 0 aliphatic heterocycles. The Morgan fingerprint density at radius 3 is 2.65 bits per heavy atom. The van der Waals surface area contributed by atoms with Gasteiger partial charge < -0.3 is 15.4 Å². The first-order valence-electron chi connectivity index (χ1n) is 5.83. The molecule has 0 aliphatic carbocycles. The van der Waals surface area contributed by atoms with E-state index in [1.165, 1.54) is 6.20 Å². The number of nitrogens with one attached hydrogen (secondary N) is 2. The second-order valence-electron chi connectivity index (χ2n) is 3.87. The second-order valence-corrected chi connectivity index (χ2v) is 4.74. The highest BCUT2D eigenvalue weighted by molar-refractivity contribution is 6.35. The summed E-state index contributed by atoms with van der Waals surface area (Å²) in [5.41, 5.74) is 0.728. The van der Waals surface area contributed by atoms with E-state index in [9.17, 15) is 0 Å². The average Bonchev–Trinajstić information content (AvgIpc) is 2.38. The summed E-state index contributed by atoms with van der Waals surface area (Å²) in [6, 6.07) is 5.14. The summed E-state index contributed by atoms with van der Waals surface area (Å²) in [4.78, 5) is 4.26. The highest BCUT2D eigenvalue weighted by Gasteiger charge is 2.03. The van der Waals surface area contributed by atoms with Gasteiger partial charge in [0, 0.05) is 29.4 Å². The van der Waals surface area contributed by atoms with Gasteiger partial charge in [-0.15, -0.1) is 5.10 Å². The molecule has 0 radical (unpaired) electrons. The molecule has 106 valence electrons. The first-order chi connectivity index (χ1) is 9.67. The van der Waals surface area contributed by atoms with Crippen molar-refractivity contribution in [2.75, 3.05) is 30.9 Å². The number of ether oxygens (including phenoxy) is 1. The molecule has 1 aromatic heterocycles. The second kappa shape index (κ2) is 7.23. The third kappa shape index (κ3) is 4.48. The van der Waals surface area contributed by atoms with Gasteiger partial charge >= 0.3 is 0 Å². The lowest BCUT2D eigenvalue weighted by Gasteiger charge is -2.08. The van der Waals surface area contributed by atoms with Gasteiger partial charge in [-0.25, -0.2) is 0 Å². The Labute approximate surface area is 126 Å². The number of rotatable bonds is 6. The van der Waals surface area contributed by atoms with Crippen LogP contribution < -0.4 is 10.6 Å². The van der Waals surface area contributed by atoms with Crippen LogP contribution in [-0.2, 0) is 4.74 Å². The van der Waals surface area contributed by atoms with Gasteiger partial charge in [0.05, 0.1) is 12.8 Å². The monoisotopic (exact) mass is 313 g/mol. The largest absolute Gasteiger partial charge is 0.383 e. The zero-order valence-electron chi connectivity index (χ0n) is 10.7. The summed E-state index contributed by atoms with van der Waals surface area (Å²) in [5.74, 6) is 0.957. The van der Waals surface area contributed by atoms with E-state index in [-0.39, 0.29) is 0 Å². The number of anilines is 3. The smallest absolute Gasteiger partial charge is 0.244 e. The quantitative estimate of drug-likeness (QED) is 0.799. The molecule has 0 bridgehead atoms. The first-order valence-corrected chi connectivity index (χ1v) is 6.58. The lowest BCUT2D eigenvalue weighted by molar-refractivity contribution is 0.210. The van der Waals surface area contributed by atoms with Gasteiger partial charge in [-0.05, 0) is 18.2 Å². The van der Waals surface area contributed by atoms with Crippen molar-refractivity contribution in [3.05, 3.63) is 34.4 Å². The van der Waals surface area contributed by atoms with Gasteiger partial charge in [0.15, 0.2) is 5.82 Å². The number of aromatic nitrogens is 3. The summed E-state index contributed by atoms with van der Waals surface area (Å²) < 4.78 is 4.93. The van der Waals surface area contributed by atoms with Crippen molar-refractivity contribution in [1.29, 1.82) is 0 Å². The van der Waals surface area contributed by atoms with Gasteiger partial charge in [0.2, 0.25) is 5.95 Å². The SMILES string of the molecule is COCCNc1nncc(Nc2cc(Cl)cc(Cl)c2)n1. The Kier molecular flexibility index (Phi) is 5.34. The lowest BCUT2D eigenvalue weighted by Crippen LogP contribution is -2.11. The molecule has 6 nitrogen and oxygen atoms in total. The zero-order valence-corrected chi connectivity index (χ0v) is 12.2. The molecule has 0 saturated carbocycles. The van der Waals surface area contributed by atoms with Crippen LogP contribution in [0.25, 0.3) is 0 Å². The third-order valence-corrected chi connectivity index (χ3v) is 2.72. The maximum Gasteiger partial charge on any atom is 0.244 e. The standard InChI is InChI=1S/C12H13Cl2N5O/c1-20-3-2-15-12-18-11(7-16-19-12)17-10-5-8(13)4-9(14)6-10/h4-7H,2-3H2,1H3,(H2,15,17,18,19). The number of nitrogens with zero attached hydrogens (tertiary/aromatic N) is 3. The Morgan fingerprint density at radius 2 is 1.95 bits per heavy atom. The van der Waals surface area contributed by atoms with Gasteiger partial charge in [-0.3, -0.25) is 0 Å². The van der Waals surface area contributed by atoms with Crippen molar-refractivity contribution < 1.29 is 4.74 Å². The van der Waals surface area contributed by atoms with Crippen LogP contribution in [0.4, 0.5) is 17.5 Å². The minimum atomic E-state index is 0.417. The Hall–Kier alpha value is -1.63. The van der Waals surface area contributed by atoms with E-state index in [1.807, 2.05) is 0 Å². The Balaban J connectivity index is 2.07. The maximum absolute atomic E-state index is 5.93. The van der Waals surface area contributed by atoms with Gasteiger partial charge in [0.25, 0.3) is 0 Å². The molecule has 8 heteroatoms. The summed E-state index contributed by atoms with van der Waals surface area (Å²) in [6.45, 7) is 1.16. The Bertz CT molecular complexity index is 561. The predicted molar refractivity (Wildman–Crippen MR) is 79.9 cm³/mol. The summed E-state index contributed by atoms with van der Waals surface area (Å²) in [7, 11) is 1.63. The third-order valence-electron chi connectivity index (χ3n) is 2.28. The minimum Gasteiger partial charge on any atom is -0.383 e. The topological polar surface area (TPSA) is 72.0 Å². The van der Waals surface area contributed by atoms with Crippen molar-refractivity contribution >= 4 is 40.7 Å². The molecule has 2 aromatic rings. The molecule has 2 rings (SSSR count). The molecule has 1 aromatic carbocycles. The van der Waals surface area contributed by atoms with Crippen molar-refractivity contribution in [3.63, 3.8) is 0 Å². The van der Waals surface area contributed by atoms with Crippen LogP contribution >= 0.6 is 23.2 Å². The normalized spacial score (nSPS) is 10.3. The van der Waals surface area contributed by atoms with Crippen molar-refractivity contribution in [2.45, 2.75) is 0 Å². The van der Waals surface area contributed by atoms with Crippen molar-refractivity contribution in [3.8, 4) is 0 Å². The van der Waals surface area contributed by atoms with E-state index in [0.29, 0.717) is 35.0 Å². The molecule has 0 spiro atoms. The molecule has 20 heavy (non-hydrogen) atoms. The van der Waals surface area contributed by atoms with E-state index in [1.54, 1.807) is 25.3 Å². The van der Waals surface area contributed by atoms with Crippen LogP contribution in [0.1, 0.15) is 0 Å². The highest BCUT2D eigenvalue weighted by atomic mass is 35.5. The number of benzene rings is 1. The summed E-state index contributed by atoms with van der Waals surface area (Å²) in [5, 5.41) is 14.9. The maximum atomic E-state index is 5.93. The molecule has 0 saturated heterocycles. The number of methoxy groups -OCH3 is 1. The van der Waals surface area contributed by atoms with Gasteiger partial charge in [-0.2, -0.15) is 10.1 Å². The van der Waals surface area contributed by atoms with Crippen LogP contribution in [0, 0.1) is 0 Å². The number of halogens is 2. The summed E-state index contributed by atoms with van der Waals surface area (Å²) >= 11 is 11.9. The van der Waals surface area contributed by atoms with Crippen LogP contribution in [0.15, 0.2) is 24.4 Å². The van der Waals surface area contributed by atoms with Crippen molar-refractivity contribution in [1.82, 2.24) is 15.2 Å². The molecular formula is C12H13Cl2N5O. The van der Waals surface area contributed by atoms with E-state index < -0.39 is 0 Å². The van der Waals surface area contributed by atoms with E-state index in [4.69, 9.17) is 27.9 Å². The molecule has 2 N–H and O–H groups in total. The summed E-state index contributed by atoms with van der Waals surface area (Å²) in [6.07, 6.45) is 1.51. The lowest BCUT2D eigenvalue weighted by atomic mass is 10.3. The van der Waals surface area contributed by atoms with Gasteiger partial charge in [0.1, 0.15) is 0 Å². The molecule has 0 atom stereocenters. The molecule has 0 aliphatic rings. The Morgan fingerprint density at radius 1 is 1.20 bits per heavy atom. The molecule has 1 heterocycles. The van der Waals surface area contributed by atoms with Crippen LogP contribution in [0.3, 0.4) is 0 Å². The van der Waals surface area contributed by atoms with E-state index in [0.717, 1.165) is 5.69 Å². The zero-order chi connectivity index (χ0) is 14.4. The average molecular weight is 314 g/mol. The number of hydrogen-bond donors (Lipinski definition) is 2.